The lowest BCUT2D eigenvalue weighted by molar-refractivity contribution is -0.0136. The summed E-state index contributed by atoms with van der Waals surface area (Å²) < 4.78 is 32.0. The van der Waals surface area contributed by atoms with Gasteiger partial charge >= 0.3 is 11.9 Å². The molecule has 0 aromatic heterocycles. The minimum Gasteiger partial charge on any atom is -0.460 e. The molecular weight excluding hydrogens is 490 g/mol. The van der Waals surface area contributed by atoms with Crippen molar-refractivity contribution in [2.24, 2.45) is 0 Å². The lowest BCUT2D eigenvalue weighted by atomic mass is 10.1. The number of ether oxygens (including phenoxy) is 6. The van der Waals surface area contributed by atoms with E-state index in [2.05, 4.69) is 0 Å². The van der Waals surface area contributed by atoms with Crippen molar-refractivity contribution in [1.29, 1.82) is 5.26 Å². The van der Waals surface area contributed by atoms with Crippen molar-refractivity contribution in [3.05, 3.63) is 83.4 Å². The third kappa shape index (κ3) is 10.3. The van der Waals surface area contributed by atoms with Gasteiger partial charge in [-0.3, -0.25) is 0 Å². The zero-order chi connectivity index (χ0) is 26.8. The Morgan fingerprint density at radius 3 is 1.53 bits per heavy atom. The first kappa shape index (κ1) is 28.8. The van der Waals surface area contributed by atoms with Crippen LogP contribution in [-0.2, 0) is 28.4 Å². The summed E-state index contributed by atoms with van der Waals surface area (Å²) in [5, 5.41) is 10.8. The maximum absolute atomic E-state index is 12.2. The Kier molecular flexibility index (Phi) is 12.7. The lowest BCUT2D eigenvalue weighted by Gasteiger charge is -2.09. The highest BCUT2D eigenvalue weighted by molar-refractivity contribution is 5.95. The minimum absolute atomic E-state index is 0.130. The fourth-order valence-corrected chi connectivity index (χ4v) is 3.31. The normalized spacial score (nSPS) is 10.7. The Morgan fingerprint density at radius 1 is 0.553 bits per heavy atom. The molecule has 0 unspecified atom stereocenters. The molecule has 0 heterocycles. The summed E-state index contributed by atoms with van der Waals surface area (Å²) in [7, 11) is 0. The quantitative estimate of drug-likeness (QED) is 0.193. The van der Waals surface area contributed by atoms with E-state index in [1.807, 2.05) is 42.5 Å². The largest absolute Gasteiger partial charge is 0.460 e. The highest BCUT2D eigenvalue weighted by atomic mass is 16.6. The lowest BCUT2D eigenvalue weighted by Crippen LogP contribution is -2.15. The van der Waals surface area contributed by atoms with Crippen LogP contribution in [0.4, 0.5) is 0 Å². The SMILES string of the molecule is N#Cc1ccc(C(=O)OCCOCCOCCOCCOCCOC(=O)c2ccc3ccccc3c2)cc1. The zero-order valence-electron chi connectivity index (χ0n) is 21.1. The van der Waals surface area contributed by atoms with Crippen LogP contribution >= 0.6 is 0 Å². The Morgan fingerprint density at radius 2 is 1.00 bits per heavy atom. The predicted molar refractivity (Wildman–Crippen MR) is 139 cm³/mol. The summed E-state index contributed by atoms with van der Waals surface area (Å²) in [6, 6.07) is 21.5. The molecule has 0 saturated carbocycles. The van der Waals surface area contributed by atoms with Gasteiger partial charge in [-0.2, -0.15) is 5.26 Å². The van der Waals surface area contributed by atoms with Crippen LogP contribution in [0.3, 0.4) is 0 Å². The van der Waals surface area contributed by atoms with E-state index in [9.17, 15) is 9.59 Å². The van der Waals surface area contributed by atoms with E-state index in [1.54, 1.807) is 30.3 Å². The molecule has 0 spiro atoms. The first-order valence-corrected chi connectivity index (χ1v) is 12.3. The number of rotatable bonds is 17. The first-order chi connectivity index (χ1) is 18.7. The van der Waals surface area contributed by atoms with E-state index in [1.165, 1.54) is 0 Å². The zero-order valence-corrected chi connectivity index (χ0v) is 21.1. The molecule has 0 fully saturated rings. The Bertz CT molecular complexity index is 1190. The average molecular weight is 522 g/mol. The predicted octanol–water partition coefficient (Wildman–Crippen LogP) is 3.79. The van der Waals surface area contributed by atoms with Crippen LogP contribution < -0.4 is 0 Å². The van der Waals surface area contributed by atoms with Crippen LogP contribution in [0.1, 0.15) is 26.3 Å². The summed E-state index contributed by atoms with van der Waals surface area (Å²) in [5.41, 5.74) is 1.38. The monoisotopic (exact) mass is 521 g/mol. The maximum Gasteiger partial charge on any atom is 0.338 e. The molecule has 0 N–H and O–H groups in total. The third-order valence-corrected chi connectivity index (χ3v) is 5.27. The van der Waals surface area contributed by atoms with Gasteiger partial charge in [0.25, 0.3) is 0 Å². The number of fused-ring (bicyclic) bond motifs is 1. The maximum atomic E-state index is 12.2. The molecule has 0 amide bonds. The van der Waals surface area contributed by atoms with Gasteiger partial charge in [-0.15, -0.1) is 0 Å². The highest BCUT2D eigenvalue weighted by Crippen LogP contribution is 2.16. The Hall–Kier alpha value is -3.81. The van der Waals surface area contributed by atoms with Gasteiger partial charge in [0, 0.05) is 0 Å². The van der Waals surface area contributed by atoms with Gasteiger partial charge in [-0.25, -0.2) is 9.59 Å². The van der Waals surface area contributed by atoms with Gasteiger partial charge in [-0.1, -0.05) is 30.3 Å². The summed E-state index contributed by atoms with van der Waals surface area (Å²) in [6.45, 7) is 3.25. The van der Waals surface area contributed by atoms with E-state index >= 15 is 0 Å². The molecule has 3 aromatic carbocycles. The second-order valence-electron chi connectivity index (χ2n) is 7.97. The molecule has 0 atom stereocenters. The topological polar surface area (TPSA) is 113 Å². The van der Waals surface area contributed by atoms with E-state index in [0.29, 0.717) is 62.9 Å². The molecule has 0 bridgehead atoms. The highest BCUT2D eigenvalue weighted by Gasteiger charge is 2.08. The second kappa shape index (κ2) is 16.8. The molecule has 9 nitrogen and oxygen atoms in total. The molecule has 0 saturated heterocycles. The standard InChI is InChI=1S/C29H31NO8/c30-22-23-5-7-25(8-6-23)28(31)37-19-17-35-15-13-33-11-12-34-14-16-36-18-20-38-29(32)27-10-9-24-3-1-2-4-26(24)21-27/h1-10,21H,11-20H2. The molecule has 0 aliphatic rings. The van der Waals surface area contributed by atoms with Crippen molar-refractivity contribution >= 4 is 22.7 Å². The van der Waals surface area contributed by atoms with Crippen molar-refractivity contribution in [1.82, 2.24) is 0 Å². The average Bonchev–Trinajstić information content (AvgIpc) is 2.96. The van der Waals surface area contributed by atoms with Crippen LogP contribution in [-0.4, -0.2) is 78.0 Å². The van der Waals surface area contributed by atoms with Crippen molar-refractivity contribution in [2.75, 3.05) is 66.1 Å². The molecule has 3 aromatic rings. The van der Waals surface area contributed by atoms with E-state index in [-0.39, 0.29) is 25.8 Å². The van der Waals surface area contributed by atoms with E-state index in [0.717, 1.165) is 10.8 Å². The molecule has 200 valence electrons. The van der Waals surface area contributed by atoms with Crippen LogP contribution in [0, 0.1) is 11.3 Å². The molecule has 0 aliphatic carbocycles. The summed E-state index contributed by atoms with van der Waals surface area (Å²) in [5.74, 6) is -0.835. The van der Waals surface area contributed by atoms with E-state index in [4.69, 9.17) is 33.7 Å². The number of carbonyl (C=O) groups is 2. The van der Waals surface area contributed by atoms with Gasteiger partial charge in [0.15, 0.2) is 0 Å². The summed E-state index contributed by atoms with van der Waals surface area (Å²) >= 11 is 0. The van der Waals surface area contributed by atoms with Gasteiger partial charge in [0.05, 0.1) is 75.6 Å². The number of nitrogens with zero attached hydrogens (tertiary/aromatic N) is 1. The number of nitriles is 1. The van der Waals surface area contributed by atoms with Gasteiger partial charge in [0.1, 0.15) is 13.2 Å². The van der Waals surface area contributed by atoms with Crippen LogP contribution in [0.15, 0.2) is 66.7 Å². The van der Waals surface area contributed by atoms with Crippen molar-refractivity contribution in [2.45, 2.75) is 0 Å². The number of hydrogen-bond acceptors (Lipinski definition) is 9. The van der Waals surface area contributed by atoms with Crippen LogP contribution in [0.25, 0.3) is 10.8 Å². The fourth-order valence-electron chi connectivity index (χ4n) is 3.31. The van der Waals surface area contributed by atoms with Crippen molar-refractivity contribution in [3.8, 4) is 6.07 Å². The number of hydrogen-bond donors (Lipinski definition) is 0. The molecule has 3 rings (SSSR count). The third-order valence-electron chi connectivity index (χ3n) is 5.27. The molecule has 38 heavy (non-hydrogen) atoms. The molecular formula is C29H31NO8. The molecule has 0 radical (unpaired) electrons. The smallest absolute Gasteiger partial charge is 0.338 e. The number of esters is 2. The van der Waals surface area contributed by atoms with Gasteiger partial charge in [-0.05, 0) is 47.2 Å². The Balaban J connectivity index is 1.08. The van der Waals surface area contributed by atoms with Crippen LogP contribution in [0.5, 0.6) is 0 Å². The van der Waals surface area contributed by atoms with E-state index < -0.39 is 5.97 Å². The number of benzene rings is 3. The second-order valence-corrected chi connectivity index (χ2v) is 7.97. The summed E-state index contributed by atoms with van der Waals surface area (Å²) in [4.78, 5) is 24.0. The Labute approximate surface area is 221 Å². The summed E-state index contributed by atoms with van der Waals surface area (Å²) in [6.07, 6.45) is 0. The molecule has 9 heteroatoms. The van der Waals surface area contributed by atoms with Crippen molar-refractivity contribution in [3.63, 3.8) is 0 Å². The van der Waals surface area contributed by atoms with Gasteiger partial charge in [0.2, 0.25) is 0 Å². The first-order valence-electron chi connectivity index (χ1n) is 12.3. The molecule has 0 aliphatic heterocycles. The van der Waals surface area contributed by atoms with Gasteiger partial charge < -0.3 is 28.4 Å². The minimum atomic E-state index is -0.461. The van der Waals surface area contributed by atoms with Crippen molar-refractivity contribution < 1.29 is 38.0 Å². The van der Waals surface area contributed by atoms with Crippen LogP contribution in [0.2, 0.25) is 0 Å². The fraction of sp³-hybridized carbons (Fsp3) is 0.345. The number of carbonyl (C=O) groups excluding carboxylic acids is 2.